The monoisotopic (exact) mass is 313 g/mol. The fraction of sp³-hybridized carbons (Fsp3) is 0.250. The summed E-state index contributed by atoms with van der Waals surface area (Å²) in [6, 6.07) is 7.75. The molecule has 3 heterocycles. The van der Waals surface area contributed by atoms with Crippen molar-refractivity contribution >= 4 is 27.9 Å². The Bertz CT molecular complexity index is 789. The highest BCUT2D eigenvalue weighted by Crippen LogP contribution is 2.24. The van der Waals surface area contributed by atoms with Gasteiger partial charge in [-0.2, -0.15) is 0 Å². The Morgan fingerprint density at radius 1 is 1.45 bits per heavy atom. The highest BCUT2D eigenvalue weighted by molar-refractivity contribution is 7.15. The molecule has 2 aromatic heterocycles. The molecule has 4 rings (SSSR count). The number of hydrogen-bond acceptors (Lipinski definition) is 4. The van der Waals surface area contributed by atoms with Crippen molar-refractivity contribution in [3.8, 4) is 11.3 Å². The molecule has 1 N–H and O–H groups in total. The Morgan fingerprint density at radius 3 is 3.23 bits per heavy atom. The third kappa shape index (κ3) is 2.51. The predicted octanol–water partition coefficient (Wildman–Crippen LogP) is 3.18. The van der Waals surface area contributed by atoms with E-state index in [0.29, 0.717) is 6.61 Å². The lowest BCUT2D eigenvalue weighted by molar-refractivity contribution is -0.124. The van der Waals surface area contributed by atoms with Crippen molar-refractivity contribution in [2.75, 3.05) is 11.9 Å². The molecule has 1 aromatic carbocycles. The quantitative estimate of drug-likeness (QED) is 0.808. The Labute approximate surface area is 131 Å². The van der Waals surface area contributed by atoms with Crippen LogP contribution in [0.5, 0.6) is 0 Å². The third-order valence-corrected chi connectivity index (χ3v) is 4.51. The smallest absolute Gasteiger partial charge is 0.253 e. The van der Waals surface area contributed by atoms with Crippen molar-refractivity contribution in [1.82, 2.24) is 9.38 Å². The highest BCUT2D eigenvalue weighted by Gasteiger charge is 2.23. The molecule has 112 valence electrons. The minimum absolute atomic E-state index is 0.0690. The molecule has 1 unspecified atom stereocenters. The van der Waals surface area contributed by atoms with E-state index in [2.05, 4.69) is 10.3 Å². The molecule has 0 bridgehead atoms. The number of anilines is 1. The topological polar surface area (TPSA) is 55.6 Å². The van der Waals surface area contributed by atoms with Crippen molar-refractivity contribution < 1.29 is 9.53 Å². The maximum absolute atomic E-state index is 12.1. The lowest BCUT2D eigenvalue weighted by atomic mass is 10.1. The number of ether oxygens (including phenoxy) is 1. The third-order valence-electron chi connectivity index (χ3n) is 3.74. The molecule has 1 atom stereocenters. The van der Waals surface area contributed by atoms with Gasteiger partial charge in [-0.25, -0.2) is 4.98 Å². The van der Waals surface area contributed by atoms with Crippen LogP contribution in [0.3, 0.4) is 0 Å². The summed E-state index contributed by atoms with van der Waals surface area (Å²) in [4.78, 5) is 17.7. The lowest BCUT2D eigenvalue weighted by Crippen LogP contribution is -2.26. The first-order valence-electron chi connectivity index (χ1n) is 7.25. The molecular weight excluding hydrogens is 298 g/mol. The molecule has 1 saturated heterocycles. The number of rotatable bonds is 3. The van der Waals surface area contributed by atoms with Crippen molar-refractivity contribution in [1.29, 1.82) is 0 Å². The van der Waals surface area contributed by atoms with Gasteiger partial charge in [0.25, 0.3) is 5.91 Å². The van der Waals surface area contributed by atoms with Crippen molar-refractivity contribution in [2.24, 2.45) is 0 Å². The van der Waals surface area contributed by atoms with Gasteiger partial charge in [0.15, 0.2) is 4.96 Å². The zero-order chi connectivity index (χ0) is 14.9. The Kier molecular flexibility index (Phi) is 3.40. The van der Waals surface area contributed by atoms with E-state index in [1.54, 1.807) is 11.3 Å². The normalized spacial score (nSPS) is 17.9. The first-order chi connectivity index (χ1) is 10.8. The molecule has 0 saturated carbocycles. The van der Waals surface area contributed by atoms with E-state index in [1.807, 2.05) is 46.4 Å². The maximum atomic E-state index is 12.1. The minimum atomic E-state index is -0.318. The van der Waals surface area contributed by atoms with Gasteiger partial charge in [0.2, 0.25) is 0 Å². The molecule has 5 nitrogen and oxygen atoms in total. The van der Waals surface area contributed by atoms with Gasteiger partial charge in [-0.05, 0) is 25.0 Å². The summed E-state index contributed by atoms with van der Waals surface area (Å²) in [6.07, 6.45) is 5.40. The standard InChI is InChI=1S/C16H15N3O2S/c20-15(14-5-2-7-21-14)17-12-4-1-3-11(9-12)13-10-19-6-8-22-16(19)18-13/h1,3-4,6,8-10,14H,2,5,7H2,(H,17,20). The first-order valence-corrected chi connectivity index (χ1v) is 8.13. The average Bonchev–Trinajstić information content (AvgIpc) is 3.24. The molecule has 0 aliphatic carbocycles. The molecule has 3 aromatic rings. The Morgan fingerprint density at radius 2 is 2.41 bits per heavy atom. The van der Waals surface area contributed by atoms with Crippen LogP contribution in [0.2, 0.25) is 0 Å². The van der Waals surface area contributed by atoms with Gasteiger partial charge in [-0.1, -0.05) is 12.1 Å². The summed E-state index contributed by atoms with van der Waals surface area (Å²) in [7, 11) is 0. The van der Waals surface area contributed by atoms with Crippen LogP contribution in [0.1, 0.15) is 12.8 Å². The number of amides is 1. The Balaban J connectivity index is 1.57. The van der Waals surface area contributed by atoms with Crippen molar-refractivity contribution in [3.05, 3.63) is 42.0 Å². The van der Waals surface area contributed by atoms with Crippen LogP contribution >= 0.6 is 11.3 Å². The van der Waals surface area contributed by atoms with Gasteiger partial charge < -0.3 is 10.1 Å². The van der Waals surface area contributed by atoms with Crippen LogP contribution in [0.15, 0.2) is 42.0 Å². The number of fused-ring (bicyclic) bond motifs is 1. The van der Waals surface area contributed by atoms with E-state index in [9.17, 15) is 4.79 Å². The highest BCUT2D eigenvalue weighted by atomic mass is 32.1. The molecule has 0 spiro atoms. The number of nitrogens with zero attached hydrogens (tertiary/aromatic N) is 2. The zero-order valence-corrected chi connectivity index (χ0v) is 12.7. The number of benzene rings is 1. The largest absolute Gasteiger partial charge is 0.368 e. The summed E-state index contributed by atoms with van der Waals surface area (Å²) in [6.45, 7) is 0.670. The summed E-state index contributed by atoms with van der Waals surface area (Å²) < 4.78 is 7.40. The number of aromatic nitrogens is 2. The predicted molar refractivity (Wildman–Crippen MR) is 86.1 cm³/mol. The van der Waals surface area contributed by atoms with Crippen LogP contribution in [0, 0.1) is 0 Å². The summed E-state index contributed by atoms with van der Waals surface area (Å²) in [5.74, 6) is -0.0690. The first kappa shape index (κ1) is 13.5. The fourth-order valence-corrected chi connectivity index (χ4v) is 3.33. The van der Waals surface area contributed by atoms with E-state index in [1.165, 1.54) is 0 Å². The van der Waals surface area contributed by atoms with Crippen LogP contribution < -0.4 is 5.32 Å². The van der Waals surface area contributed by atoms with E-state index in [0.717, 1.165) is 34.7 Å². The second-order valence-corrected chi connectivity index (χ2v) is 6.16. The second kappa shape index (κ2) is 5.55. The van der Waals surface area contributed by atoms with Crippen LogP contribution in [0.25, 0.3) is 16.2 Å². The minimum Gasteiger partial charge on any atom is -0.368 e. The molecule has 1 aliphatic rings. The number of nitrogens with one attached hydrogen (secondary N) is 1. The van der Waals surface area contributed by atoms with Crippen LogP contribution in [0.4, 0.5) is 5.69 Å². The molecule has 1 amide bonds. The Hall–Kier alpha value is -2.18. The van der Waals surface area contributed by atoms with Crippen molar-refractivity contribution in [2.45, 2.75) is 18.9 Å². The van der Waals surface area contributed by atoms with Crippen LogP contribution in [-0.4, -0.2) is 28.0 Å². The van der Waals surface area contributed by atoms with Crippen molar-refractivity contribution in [3.63, 3.8) is 0 Å². The maximum Gasteiger partial charge on any atom is 0.253 e. The SMILES string of the molecule is O=C(Nc1cccc(-c2cn3ccsc3n2)c1)C1CCCO1. The number of thiazole rings is 1. The number of carbonyl (C=O) groups excluding carboxylic acids is 1. The number of carbonyl (C=O) groups is 1. The lowest BCUT2D eigenvalue weighted by Gasteiger charge is -2.11. The number of hydrogen-bond donors (Lipinski definition) is 1. The number of imidazole rings is 1. The van der Waals surface area contributed by atoms with Gasteiger partial charge in [-0.15, -0.1) is 11.3 Å². The summed E-state index contributed by atoms with van der Waals surface area (Å²) in [5, 5.41) is 4.93. The van der Waals surface area contributed by atoms with E-state index < -0.39 is 0 Å². The molecule has 1 fully saturated rings. The molecular formula is C16H15N3O2S. The van der Waals surface area contributed by atoms with Gasteiger partial charge in [0.05, 0.1) is 5.69 Å². The van der Waals surface area contributed by atoms with Gasteiger partial charge in [0.1, 0.15) is 6.10 Å². The van der Waals surface area contributed by atoms with E-state index in [4.69, 9.17) is 4.74 Å². The molecule has 0 radical (unpaired) electrons. The molecule has 1 aliphatic heterocycles. The summed E-state index contributed by atoms with van der Waals surface area (Å²) in [5.41, 5.74) is 2.66. The average molecular weight is 313 g/mol. The van der Waals surface area contributed by atoms with E-state index >= 15 is 0 Å². The second-order valence-electron chi connectivity index (χ2n) is 5.29. The van der Waals surface area contributed by atoms with E-state index in [-0.39, 0.29) is 12.0 Å². The van der Waals surface area contributed by atoms with Gasteiger partial charge >= 0.3 is 0 Å². The van der Waals surface area contributed by atoms with Gasteiger partial charge in [-0.3, -0.25) is 9.20 Å². The molecule has 22 heavy (non-hydrogen) atoms. The zero-order valence-electron chi connectivity index (χ0n) is 11.9. The fourth-order valence-electron chi connectivity index (χ4n) is 2.63. The molecule has 6 heteroatoms. The van der Waals surface area contributed by atoms with Crippen LogP contribution in [-0.2, 0) is 9.53 Å². The van der Waals surface area contributed by atoms with Gasteiger partial charge in [0, 0.05) is 35.6 Å². The summed E-state index contributed by atoms with van der Waals surface area (Å²) >= 11 is 1.60.